The first-order valence-electron chi connectivity index (χ1n) is 9.01. The van der Waals surface area contributed by atoms with Crippen LogP contribution in [0.5, 0.6) is 0 Å². The van der Waals surface area contributed by atoms with Gasteiger partial charge in [-0.2, -0.15) is 5.10 Å². The predicted octanol–water partition coefficient (Wildman–Crippen LogP) is 5.70. The van der Waals surface area contributed by atoms with Crippen LogP contribution in [-0.4, -0.2) is 12.1 Å². The molecule has 0 aliphatic carbocycles. The Morgan fingerprint density at radius 2 is 1.43 bits per heavy atom. The van der Waals surface area contributed by atoms with Gasteiger partial charge in [-0.05, 0) is 19.1 Å². The Morgan fingerprint density at radius 1 is 0.867 bits per heavy atom. The van der Waals surface area contributed by atoms with Crippen molar-refractivity contribution in [2.75, 3.05) is 11.6 Å². The molecule has 0 saturated heterocycles. The fraction of sp³-hybridized carbons (Fsp3) is 0.0952. The second-order valence-corrected chi connectivity index (χ2v) is 8.59. The first-order valence-corrected chi connectivity index (χ1v) is 10.6. The molecule has 0 aromatic heterocycles. The molecule has 154 valence electrons. The van der Waals surface area contributed by atoms with Gasteiger partial charge in [0.15, 0.2) is 28.7 Å². The van der Waals surface area contributed by atoms with E-state index in [4.69, 9.17) is 4.52 Å². The first-order chi connectivity index (χ1) is 14.4. The van der Waals surface area contributed by atoms with E-state index in [1.807, 2.05) is 0 Å². The van der Waals surface area contributed by atoms with Crippen molar-refractivity contribution in [2.24, 2.45) is 5.10 Å². The van der Waals surface area contributed by atoms with Gasteiger partial charge in [0.1, 0.15) is 11.0 Å². The van der Waals surface area contributed by atoms with Crippen LogP contribution in [0.2, 0.25) is 0 Å². The Morgan fingerprint density at radius 3 is 2.03 bits per heavy atom. The van der Waals surface area contributed by atoms with Crippen molar-refractivity contribution < 1.29 is 26.7 Å². The van der Waals surface area contributed by atoms with Gasteiger partial charge in [0, 0.05) is 5.56 Å². The van der Waals surface area contributed by atoms with Crippen LogP contribution in [0.25, 0.3) is 0 Å². The van der Waals surface area contributed by atoms with Crippen LogP contribution in [-0.2, 0) is 9.09 Å². The number of para-hydroxylation sites is 1. The van der Waals surface area contributed by atoms with Crippen LogP contribution >= 0.6 is 7.37 Å². The molecule has 30 heavy (non-hydrogen) atoms. The Balaban J connectivity index is 2.13. The predicted molar refractivity (Wildman–Crippen MR) is 107 cm³/mol. The smallest absolute Gasteiger partial charge is 0.286 e. The molecule has 0 N–H and O–H groups in total. The molecule has 1 aliphatic heterocycles. The molecule has 0 spiro atoms. The Bertz CT molecular complexity index is 1190. The molecule has 3 aromatic rings. The van der Waals surface area contributed by atoms with Crippen LogP contribution in [0.4, 0.5) is 28.9 Å². The molecule has 0 bridgehead atoms. The monoisotopic (exact) mass is 434 g/mol. The van der Waals surface area contributed by atoms with Crippen molar-refractivity contribution in [1.29, 1.82) is 0 Å². The minimum absolute atomic E-state index is 0.159. The summed E-state index contributed by atoms with van der Waals surface area (Å²) in [7, 11) is -4.42. The van der Waals surface area contributed by atoms with Crippen LogP contribution in [0.15, 0.2) is 65.8 Å². The number of hydrogen-bond acceptors (Lipinski definition) is 4. The lowest BCUT2D eigenvalue weighted by Crippen LogP contribution is -2.34. The number of anilines is 2. The highest BCUT2D eigenvalue weighted by molar-refractivity contribution is 7.84. The average Bonchev–Trinajstić information content (AvgIpc) is 2.77. The molecule has 4 rings (SSSR count). The lowest BCUT2D eigenvalue weighted by molar-refractivity contribution is 0.347. The van der Waals surface area contributed by atoms with Crippen LogP contribution in [0, 0.1) is 23.3 Å². The molecule has 0 saturated carbocycles. The summed E-state index contributed by atoms with van der Waals surface area (Å²) in [5, 5.41) is 4.29. The van der Waals surface area contributed by atoms with E-state index in [9.17, 15) is 17.7 Å². The number of hydrogen-bond donors (Lipinski definition) is 0. The highest BCUT2D eigenvalue weighted by Gasteiger charge is 2.47. The Kier molecular flexibility index (Phi) is 5.22. The van der Waals surface area contributed by atoms with E-state index in [2.05, 4.69) is 5.10 Å². The minimum atomic E-state index is -4.42. The quantitative estimate of drug-likeness (QED) is 0.229. The Hall–Kier alpha value is -2.96. The third kappa shape index (κ3) is 3.04. The van der Waals surface area contributed by atoms with Gasteiger partial charge in [0.2, 0.25) is 0 Å². The summed E-state index contributed by atoms with van der Waals surface area (Å²) in [5.41, 5.74) is -0.440. The second-order valence-electron chi connectivity index (χ2n) is 6.36. The maximum atomic E-state index is 15.0. The van der Waals surface area contributed by atoms with E-state index in [0.29, 0.717) is 5.56 Å². The van der Waals surface area contributed by atoms with Crippen molar-refractivity contribution in [3.05, 3.63) is 89.5 Å². The van der Waals surface area contributed by atoms with Gasteiger partial charge < -0.3 is 4.52 Å². The average molecular weight is 434 g/mol. The topological polar surface area (TPSA) is 41.9 Å². The largest absolute Gasteiger partial charge is 0.321 e. The van der Waals surface area contributed by atoms with Gasteiger partial charge in [0.05, 0.1) is 12.3 Å². The van der Waals surface area contributed by atoms with Gasteiger partial charge in [-0.15, -0.1) is 0 Å². The molecule has 3 aromatic carbocycles. The third-order valence-corrected chi connectivity index (χ3v) is 7.07. The van der Waals surface area contributed by atoms with Gasteiger partial charge in [0.25, 0.3) is 7.37 Å². The van der Waals surface area contributed by atoms with E-state index < -0.39 is 41.6 Å². The molecule has 9 heteroatoms. The minimum Gasteiger partial charge on any atom is -0.321 e. The van der Waals surface area contributed by atoms with Gasteiger partial charge >= 0.3 is 0 Å². The Labute approximate surface area is 169 Å². The molecule has 1 heterocycles. The molecule has 1 unspecified atom stereocenters. The summed E-state index contributed by atoms with van der Waals surface area (Å²) in [5.74, 6) is -7.56. The number of hydrazone groups is 1. The summed E-state index contributed by atoms with van der Waals surface area (Å²) in [4.78, 5) is 0. The zero-order valence-electron chi connectivity index (χ0n) is 15.7. The van der Waals surface area contributed by atoms with Crippen molar-refractivity contribution in [3.63, 3.8) is 0 Å². The standard InChI is InChI=1S/C21H15F4N2O2P/c1-2-29-30(28)20-18(25)16(23)15(22)17(24)19(20)27(14-11-7-4-8-12-14)26-21(30)13-9-5-3-6-10-13/h3-12H,2H2,1H3. The van der Waals surface area contributed by atoms with E-state index in [-0.39, 0.29) is 17.7 Å². The summed E-state index contributed by atoms with van der Waals surface area (Å²) in [6.45, 7) is 1.34. The van der Waals surface area contributed by atoms with E-state index in [1.165, 1.54) is 19.1 Å². The van der Waals surface area contributed by atoms with Crippen LogP contribution < -0.4 is 10.3 Å². The summed E-state index contributed by atoms with van der Waals surface area (Å²) in [6.07, 6.45) is 0. The lowest BCUT2D eigenvalue weighted by atomic mass is 10.2. The molecule has 4 nitrogen and oxygen atoms in total. The molecule has 0 amide bonds. The summed E-state index contributed by atoms with van der Waals surface area (Å²) >= 11 is 0. The highest BCUT2D eigenvalue weighted by Crippen LogP contribution is 2.56. The van der Waals surface area contributed by atoms with Crippen LogP contribution in [0.3, 0.4) is 0 Å². The zero-order valence-corrected chi connectivity index (χ0v) is 16.5. The molecule has 0 fully saturated rings. The molecular weight excluding hydrogens is 419 g/mol. The van der Waals surface area contributed by atoms with E-state index in [0.717, 1.165) is 5.01 Å². The normalized spacial score (nSPS) is 18.2. The SMILES string of the molecule is CCOP1(=O)C(c2ccccc2)=NN(c2ccccc2)c2c(F)c(F)c(F)c(F)c21. The van der Waals surface area contributed by atoms with Crippen molar-refractivity contribution in [3.8, 4) is 0 Å². The molecule has 1 aliphatic rings. The maximum Gasteiger partial charge on any atom is 0.286 e. The van der Waals surface area contributed by atoms with Crippen molar-refractivity contribution in [1.82, 2.24) is 0 Å². The van der Waals surface area contributed by atoms with Gasteiger partial charge in [-0.3, -0.25) is 4.57 Å². The van der Waals surface area contributed by atoms with Gasteiger partial charge in [-0.25, -0.2) is 22.6 Å². The fourth-order valence-corrected chi connectivity index (χ4v) is 5.61. The van der Waals surface area contributed by atoms with Crippen molar-refractivity contribution >= 4 is 29.5 Å². The number of benzene rings is 3. The maximum absolute atomic E-state index is 15.0. The first kappa shape index (κ1) is 20.3. The summed E-state index contributed by atoms with van der Waals surface area (Å²) in [6, 6.07) is 16.0. The molecule has 0 radical (unpaired) electrons. The number of halogens is 4. The van der Waals surface area contributed by atoms with E-state index in [1.54, 1.807) is 48.5 Å². The number of rotatable bonds is 4. The van der Waals surface area contributed by atoms with Crippen LogP contribution in [0.1, 0.15) is 12.5 Å². The van der Waals surface area contributed by atoms with Gasteiger partial charge in [-0.1, -0.05) is 48.5 Å². The third-order valence-electron chi connectivity index (χ3n) is 4.54. The zero-order chi connectivity index (χ0) is 21.5. The lowest BCUT2D eigenvalue weighted by Gasteiger charge is -2.33. The highest BCUT2D eigenvalue weighted by atomic mass is 31.2. The molecule has 1 atom stereocenters. The van der Waals surface area contributed by atoms with Crippen molar-refractivity contribution in [2.45, 2.75) is 6.92 Å². The molecular formula is C21H15F4N2O2P. The number of fused-ring (bicyclic) bond motifs is 1. The number of nitrogens with zero attached hydrogens (tertiary/aromatic N) is 2. The summed E-state index contributed by atoms with van der Waals surface area (Å²) < 4.78 is 77.5. The fourth-order valence-electron chi connectivity index (χ4n) is 3.26. The van der Waals surface area contributed by atoms with E-state index >= 15 is 4.39 Å². The second kappa shape index (κ2) is 7.70.